The molecule has 2 N–H and O–H groups in total. The Labute approximate surface area is 158 Å². The first-order valence-corrected chi connectivity index (χ1v) is 9.18. The number of quaternary nitrogens is 1. The second kappa shape index (κ2) is 8.88. The number of carbonyl (C=O) groups is 3. The van der Waals surface area contributed by atoms with Gasteiger partial charge in [0.15, 0.2) is 5.92 Å². The summed E-state index contributed by atoms with van der Waals surface area (Å²) in [4.78, 5) is 44.1. The van der Waals surface area contributed by atoms with Crippen LogP contribution < -0.4 is 10.2 Å². The number of carbonyl (C=O) groups excluding carboxylic acids is 3. The smallest absolute Gasteiger partial charge is 0.331 e. The molecule has 27 heavy (non-hydrogen) atoms. The zero-order valence-electron chi connectivity index (χ0n) is 15.4. The van der Waals surface area contributed by atoms with Crippen molar-refractivity contribution in [2.24, 2.45) is 10.9 Å². The van der Waals surface area contributed by atoms with Gasteiger partial charge < -0.3 is 9.64 Å². The maximum atomic E-state index is 12.8. The van der Waals surface area contributed by atoms with Gasteiger partial charge in [0.2, 0.25) is 11.8 Å². The van der Waals surface area contributed by atoms with Gasteiger partial charge >= 0.3 is 6.03 Å². The Hall–Kier alpha value is -2.58. The molecule has 4 amide bonds. The number of hydrogen-bond donors (Lipinski definition) is 2. The van der Waals surface area contributed by atoms with E-state index in [9.17, 15) is 14.4 Å². The predicted molar refractivity (Wildman–Crippen MR) is 98.4 cm³/mol. The first-order valence-electron chi connectivity index (χ1n) is 9.18. The van der Waals surface area contributed by atoms with Crippen LogP contribution in [0.25, 0.3) is 0 Å². The van der Waals surface area contributed by atoms with Gasteiger partial charge in [-0.15, -0.1) is 0 Å². The van der Waals surface area contributed by atoms with E-state index in [1.165, 1.54) is 4.90 Å². The molecule has 1 atom stereocenters. The Kier molecular flexibility index (Phi) is 6.31. The lowest BCUT2D eigenvalue weighted by molar-refractivity contribution is -0.906. The summed E-state index contributed by atoms with van der Waals surface area (Å²) in [5.41, 5.74) is 1.26. The van der Waals surface area contributed by atoms with Crippen LogP contribution in [0.1, 0.15) is 12.5 Å². The van der Waals surface area contributed by atoms with Gasteiger partial charge in [-0.3, -0.25) is 24.8 Å². The van der Waals surface area contributed by atoms with E-state index >= 15 is 0 Å². The van der Waals surface area contributed by atoms with Gasteiger partial charge in [-0.05, 0) is 12.5 Å². The third-order valence-electron chi connectivity index (χ3n) is 4.88. The molecule has 0 spiro atoms. The molecule has 2 saturated heterocycles. The number of hydrogen-bond acceptors (Lipinski definition) is 5. The maximum absolute atomic E-state index is 12.8. The van der Waals surface area contributed by atoms with Crippen LogP contribution in [0.3, 0.4) is 0 Å². The van der Waals surface area contributed by atoms with Crippen molar-refractivity contribution in [3.05, 3.63) is 35.9 Å². The summed E-state index contributed by atoms with van der Waals surface area (Å²) in [6, 6.07) is 8.52. The van der Waals surface area contributed by atoms with E-state index in [2.05, 4.69) is 10.3 Å². The number of rotatable bonds is 6. The Bertz CT molecular complexity index is 728. The fourth-order valence-corrected chi connectivity index (χ4v) is 3.29. The summed E-state index contributed by atoms with van der Waals surface area (Å²) in [6.07, 6.45) is 0. The minimum atomic E-state index is -1.05. The van der Waals surface area contributed by atoms with Crippen molar-refractivity contribution in [1.82, 2.24) is 10.2 Å². The Morgan fingerprint density at radius 2 is 1.93 bits per heavy atom. The van der Waals surface area contributed by atoms with E-state index < -0.39 is 23.8 Å². The van der Waals surface area contributed by atoms with Crippen molar-refractivity contribution in [1.29, 1.82) is 0 Å². The van der Waals surface area contributed by atoms with Gasteiger partial charge in [0, 0.05) is 5.71 Å². The molecule has 8 heteroatoms. The molecule has 0 radical (unpaired) electrons. The highest BCUT2D eigenvalue weighted by Gasteiger charge is 2.42. The maximum Gasteiger partial charge on any atom is 0.331 e. The molecule has 144 valence electrons. The number of aliphatic imine (C=N–C) groups is 1. The summed E-state index contributed by atoms with van der Waals surface area (Å²) in [7, 11) is 0. The first kappa shape index (κ1) is 19.2. The third kappa shape index (κ3) is 4.78. The summed E-state index contributed by atoms with van der Waals surface area (Å²) in [5, 5.41) is 2.28. The molecule has 1 unspecified atom stereocenters. The molecule has 1 aromatic carbocycles. The number of nitrogens with zero attached hydrogens (tertiary/aromatic N) is 2. The number of ether oxygens (including phenoxy) is 1. The molecule has 2 aliphatic heterocycles. The van der Waals surface area contributed by atoms with Crippen molar-refractivity contribution in [3.8, 4) is 0 Å². The van der Waals surface area contributed by atoms with Gasteiger partial charge in [0.1, 0.15) is 13.1 Å². The number of benzene rings is 1. The molecular weight excluding hydrogens is 348 g/mol. The summed E-state index contributed by atoms with van der Waals surface area (Å²) in [5.74, 6) is -2.17. The van der Waals surface area contributed by atoms with Gasteiger partial charge in [0.05, 0.1) is 32.8 Å². The topological polar surface area (TPSA) is 92.5 Å². The molecule has 2 fully saturated rings. The summed E-state index contributed by atoms with van der Waals surface area (Å²) >= 11 is 0. The van der Waals surface area contributed by atoms with Crippen LogP contribution in [0.4, 0.5) is 4.79 Å². The molecular formula is C19H25N4O4+. The van der Waals surface area contributed by atoms with Crippen molar-refractivity contribution in [2.45, 2.75) is 13.5 Å². The molecule has 3 rings (SSSR count). The van der Waals surface area contributed by atoms with Crippen molar-refractivity contribution >= 4 is 23.6 Å². The second-order valence-electron chi connectivity index (χ2n) is 6.77. The van der Waals surface area contributed by atoms with Crippen LogP contribution in [0, 0.1) is 5.92 Å². The van der Waals surface area contributed by atoms with E-state index in [0.29, 0.717) is 12.3 Å². The number of imide groups is 2. The molecule has 2 aliphatic rings. The minimum absolute atomic E-state index is 0.125. The second-order valence-corrected chi connectivity index (χ2v) is 6.77. The SMILES string of the molecule is CC(=NCC[NH+]1CCOCC1)C1C(=O)NC(=O)N(Cc2ccccc2)C1=O. The Balaban J connectivity index is 1.65. The molecule has 0 aliphatic carbocycles. The fraction of sp³-hybridized carbons (Fsp3) is 0.474. The van der Waals surface area contributed by atoms with Gasteiger partial charge in [0.25, 0.3) is 0 Å². The highest BCUT2D eigenvalue weighted by Crippen LogP contribution is 2.16. The number of morpholine rings is 1. The monoisotopic (exact) mass is 373 g/mol. The van der Waals surface area contributed by atoms with E-state index in [0.717, 1.165) is 43.3 Å². The fourth-order valence-electron chi connectivity index (χ4n) is 3.29. The molecule has 8 nitrogen and oxygen atoms in total. The third-order valence-corrected chi connectivity index (χ3v) is 4.88. The van der Waals surface area contributed by atoms with Crippen LogP contribution in [0.15, 0.2) is 35.3 Å². The molecule has 0 aromatic heterocycles. The Morgan fingerprint density at radius 1 is 1.22 bits per heavy atom. The standard InChI is InChI=1S/C19H24N4O4/c1-14(20-7-8-22-9-11-27-12-10-22)16-17(24)21-19(26)23(18(16)25)13-15-5-3-2-4-6-15/h2-6,16H,7-13H2,1H3,(H,21,24,26)/p+1. The van der Waals surface area contributed by atoms with E-state index in [1.54, 1.807) is 6.92 Å². The van der Waals surface area contributed by atoms with Crippen molar-refractivity contribution < 1.29 is 24.0 Å². The van der Waals surface area contributed by atoms with Crippen molar-refractivity contribution in [3.63, 3.8) is 0 Å². The largest absolute Gasteiger partial charge is 0.370 e. The molecule has 0 saturated carbocycles. The normalized spacial score (nSPS) is 22.1. The molecule has 1 aromatic rings. The quantitative estimate of drug-likeness (QED) is 0.507. The number of urea groups is 1. The molecule has 2 heterocycles. The van der Waals surface area contributed by atoms with Crippen molar-refractivity contribution in [2.75, 3.05) is 39.4 Å². The summed E-state index contributed by atoms with van der Waals surface area (Å²) < 4.78 is 5.33. The van der Waals surface area contributed by atoms with Gasteiger partial charge in [-0.2, -0.15) is 0 Å². The minimum Gasteiger partial charge on any atom is -0.370 e. The number of amides is 4. The average Bonchev–Trinajstić information content (AvgIpc) is 2.67. The zero-order valence-corrected chi connectivity index (χ0v) is 15.4. The van der Waals surface area contributed by atoms with E-state index in [1.807, 2.05) is 30.3 Å². The zero-order chi connectivity index (χ0) is 19.2. The number of barbiturate groups is 1. The van der Waals surface area contributed by atoms with Crippen LogP contribution in [0.2, 0.25) is 0 Å². The highest BCUT2D eigenvalue weighted by atomic mass is 16.5. The lowest BCUT2D eigenvalue weighted by Crippen LogP contribution is -3.14. The lowest BCUT2D eigenvalue weighted by Gasteiger charge is -2.30. The lowest BCUT2D eigenvalue weighted by atomic mass is 9.99. The van der Waals surface area contributed by atoms with Gasteiger partial charge in [-0.25, -0.2) is 4.79 Å². The summed E-state index contributed by atoms with van der Waals surface area (Å²) in [6.45, 7) is 6.54. The average molecular weight is 373 g/mol. The van der Waals surface area contributed by atoms with Crippen LogP contribution >= 0.6 is 0 Å². The van der Waals surface area contributed by atoms with Crippen LogP contribution in [-0.4, -0.2) is 67.8 Å². The number of nitrogens with one attached hydrogen (secondary N) is 2. The highest BCUT2D eigenvalue weighted by molar-refractivity contribution is 6.27. The van der Waals surface area contributed by atoms with E-state index in [4.69, 9.17) is 4.74 Å². The van der Waals surface area contributed by atoms with E-state index in [-0.39, 0.29) is 6.54 Å². The van der Waals surface area contributed by atoms with Crippen LogP contribution in [0.5, 0.6) is 0 Å². The predicted octanol–water partition coefficient (Wildman–Crippen LogP) is -0.743. The van der Waals surface area contributed by atoms with Gasteiger partial charge in [-0.1, -0.05) is 30.3 Å². The molecule has 0 bridgehead atoms. The first-order chi connectivity index (χ1) is 13.1. The van der Waals surface area contributed by atoms with Crippen LogP contribution in [-0.2, 0) is 20.9 Å². The Morgan fingerprint density at radius 3 is 2.63 bits per heavy atom.